The van der Waals surface area contributed by atoms with Crippen LogP contribution in [0.25, 0.3) is 0 Å². The number of halogens is 2. The Hall–Kier alpha value is -1.58. The number of anilines is 1. The molecule has 1 atom stereocenters. The first-order valence-electron chi connectivity index (χ1n) is 6.06. The molecule has 19 heavy (non-hydrogen) atoms. The van der Waals surface area contributed by atoms with E-state index in [4.69, 9.17) is 17.3 Å². The molecule has 2 aromatic rings. The van der Waals surface area contributed by atoms with Crippen molar-refractivity contribution in [3.8, 4) is 0 Å². The lowest BCUT2D eigenvalue weighted by atomic mass is 10.0. The van der Waals surface area contributed by atoms with Crippen LogP contribution in [-0.2, 0) is 0 Å². The van der Waals surface area contributed by atoms with E-state index in [1.807, 2.05) is 42.3 Å². The van der Waals surface area contributed by atoms with Gasteiger partial charge >= 0.3 is 0 Å². The standard InChI is InChI=1S/C15H16ClFN2/c1-19(12-5-3-2-4-6-12)15(10-18)13-9-11(16)7-8-14(13)17/h2-9,15H,10,18H2,1H3. The van der Waals surface area contributed by atoms with Gasteiger partial charge in [-0.1, -0.05) is 29.8 Å². The number of likely N-dealkylation sites (N-methyl/N-ethyl adjacent to an activating group) is 1. The van der Waals surface area contributed by atoms with Crippen molar-refractivity contribution in [3.63, 3.8) is 0 Å². The van der Waals surface area contributed by atoms with Crippen LogP contribution in [0.15, 0.2) is 48.5 Å². The zero-order valence-electron chi connectivity index (χ0n) is 10.7. The number of nitrogens with two attached hydrogens (primary N) is 1. The summed E-state index contributed by atoms with van der Waals surface area (Å²) in [7, 11) is 1.90. The number of hydrogen-bond donors (Lipinski definition) is 1. The summed E-state index contributed by atoms with van der Waals surface area (Å²) in [6.45, 7) is 0.308. The van der Waals surface area contributed by atoms with Crippen molar-refractivity contribution in [2.75, 3.05) is 18.5 Å². The summed E-state index contributed by atoms with van der Waals surface area (Å²) in [5.41, 5.74) is 7.31. The predicted molar refractivity (Wildman–Crippen MR) is 78.1 cm³/mol. The van der Waals surface area contributed by atoms with Crippen LogP contribution in [0.3, 0.4) is 0 Å². The monoisotopic (exact) mass is 278 g/mol. The van der Waals surface area contributed by atoms with Gasteiger partial charge in [-0.25, -0.2) is 4.39 Å². The van der Waals surface area contributed by atoms with Crippen molar-refractivity contribution in [1.29, 1.82) is 0 Å². The minimum atomic E-state index is -0.289. The van der Waals surface area contributed by atoms with Gasteiger partial charge in [-0.15, -0.1) is 0 Å². The molecule has 0 saturated heterocycles. The summed E-state index contributed by atoms with van der Waals surface area (Å²) in [4.78, 5) is 1.95. The molecular formula is C15H16ClFN2. The van der Waals surface area contributed by atoms with E-state index in [9.17, 15) is 4.39 Å². The van der Waals surface area contributed by atoms with Gasteiger partial charge in [-0.2, -0.15) is 0 Å². The Morgan fingerprint density at radius 3 is 2.53 bits per heavy atom. The van der Waals surface area contributed by atoms with Gasteiger partial charge in [0.2, 0.25) is 0 Å². The van der Waals surface area contributed by atoms with Gasteiger partial charge in [0.25, 0.3) is 0 Å². The second-order valence-electron chi connectivity index (χ2n) is 4.36. The van der Waals surface area contributed by atoms with Gasteiger partial charge in [-0.05, 0) is 30.3 Å². The number of para-hydroxylation sites is 1. The number of hydrogen-bond acceptors (Lipinski definition) is 2. The molecule has 0 aliphatic rings. The van der Waals surface area contributed by atoms with Gasteiger partial charge in [0.05, 0.1) is 6.04 Å². The van der Waals surface area contributed by atoms with E-state index in [-0.39, 0.29) is 11.9 Å². The van der Waals surface area contributed by atoms with Crippen molar-refractivity contribution in [1.82, 2.24) is 0 Å². The Kier molecular flexibility index (Phi) is 4.40. The zero-order valence-corrected chi connectivity index (χ0v) is 11.4. The molecule has 2 aromatic carbocycles. The molecule has 2 nitrogen and oxygen atoms in total. The van der Waals surface area contributed by atoms with Crippen molar-refractivity contribution in [3.05, 3.63) is 64.9 Å². The average molecular weight is 279 g/mol. The van der Waals surface area contributed by atoms with Gasteiger partial charge in [0, 0.05) is 29.9 Å². The molecule has 4 heteroatoms. The highest BCUT2D eigenvalue weighted by Gasteiger charge is 2.19. The molecule has 100 valence electrons. The quantitative estimate of drug-likeness (QED) is 0.926. The third kappa shape index (κ3) is 3.06. The Morgan fingerprint density at radius 1 is 1.21 bits per heavy atom. The van der Waals surface area contributed by atoms with Gasteiger partial charge < -0.3 is 10.6 Å². The summed E-state index contributed by atoms with van der Waals surface area (Å²) in [5.74, 6) is -0.289. The van der Waals surface area contributed by atoms with Crippen LogP contribution in [0, 0.1) is 5.82 Å². The van der Waals surface area contributed by atoms with E-state index in [0.29, 0.717) is 17.1 Å². The molecule has 0 saturated carbocycles. The lowest BCUT2D eigenvalue weighted by Crippen LogP contribution is -2.31. The smallest absolute Gasteiger partial charge is 0.128 e. The maximum absolute atomic E-state index is 13.9. The fourth-order valence-corrected chi connectivity index (χ4v) is 2.29. The van der Waals surface area contributed by atoms with Gasteiger partial charge in [0.15, 0.2) is 0 Å². The first kappa shape index (κ1) is 13.8. The minimum Gasteiger partial charge on any atom is -0.366 e. The fourth-order valence-electron chi connectivity index (χ4n) is 2.11. The largest absolute Gasteiger partial charge is 0.366 e. The number of rotatable bonds is 4. The van der Waals surface area contributed by atoms with E-state index in [0.717, 1.165) is 5.69 Å². The maximum Gasteiger partial charge on any atom is 0.128 e. The van der Waals surface area contributed by atoms with Crippen LogP contribution in [0.5, 0.6) is 0 Å². The Bertz CT molecular complexity index is 545. The van der Waals surface area contributed by atoms with E-state index in [2.05, 4.69) is 0 Å². The molecule has 0 amide bonds. The molecule has 0 radical (unpaired) electrons. The van der Waals surface area contributed by atoms with E-state index in [1.54, 1.807) is 6.07 Å². The fraction of sp³-hybridized carbons (Fsp3) is 0.200. The zero-order chi connectivity index (χ0) is 13.8. The molecule has 0 aliphatic carbocycles. The van der Waals surface area contributed by atoms with Crippen LogP contribution in [0.2, 0.25) is 5.02 Å². The van der Waals surface area contributed by atoms with E-state index < -0.39 is 0 Å². The van der Waals surface area contributed by atoms with Crippen molar-refractivity contribution in [2.24, 2.45) is 5.73 Å². The summed E-state index contributed by atoms with van der Waals surface area (Å²) >= 11 is 5.94. The van der Waals surface area contributed by atoms with E-state index >= 15 is 0 Å². The maximum atomic E-state index is 13.9. The van der Waals surface area contributed by atoms with Gasteiger partial charge in [-0.3, -0.25) is 0 Å². The second kappa shape index (κ2) is 6.04. The van der Waals surface area contributed by atoms with Gasteiger partial charge in [0.1, 0.15) is 5.82 Å². The third-order valence-electron chi connectivity index (χ3n) is 3.17. The minimum absolute atomic E-state index is 0.249. The van der Waals surface area contributed by atoms with E-state index in [1.165, 1.54) is 12.1 Å². The highest BCUT2D eigenvalue weighted by atomic mass is 35.5. The van der Waals surface area contributed by atoms with Crippen LogP contribution < -0.4 is 10.6 Å². The number of nitrogens with zero attached hydrogens (tertiary/aromatic N) is 1. The molecule has 2 N–H and O–H groups in total. The van der Waals surface area contributed by atoms with Crippen molar-refractivity contribution >= 4 is 17.3 Å². The Labute approximate surface area is 117 Å². The topological polar surface area (TPSA) is 29.3 Å². The Balaban J connectivity index is 2.37. The molecule has 0 heterocycles. The van der Waals surface area contributed by atoms with Crippen LogP contribution in [-0.4, -0.2) is 13.6 Å². The first-order valence-corrected chi connectivity index (χ1v) is 6.44. The molecule has 0 aliphatic heterocycles. The van der Waals surface area contributed by atoms with Crippen molar-refractivity contribution < 1.29 is 4.39 Å². The van der Waals surface area contributed by atoms with Crippen LogP contribution >= 0.6 is 11.6 Å². The lowest BCUT2D eigenvalue weighted by Gasteiger charge is -2.29. The molecule has 0 bridgehead atoms. The molecule has 1 unspecified atom stereocenters. The normalized spacial score (nSPS) is 12.2. The Morgan fingerprint density at radius 2 is 1.89 bits per heavy atom. The molecular weight excluding hydrogens is 263 g/mol. The molecule has 0 spiro atoms. The summed E-state index contributed by atoms with van der Waals surface area (Å²) in [6.07, 6.45) is 0. The summed E-state index contributed by atoms with van der Waals surface area (Å²) < 4.78 is 13.9. The molecule has 0 aromatic heterocycles. The highest BCUT2D eigenvalue weighted by Crippen LogP contribution is 2.28. The van der Waals surface area contributed by atoms with Crippen molar-refractivity contribution in [2.45, 2.75) is 6.04 Å². The predicted octanol–water partition coefficient (Wildman–Crippen LogP) is 3.62. The average Bonchev–Trinajstić information content (AvgIpc) is 2.44. The van der Waals surface area contributed by atoms with Crippen LogP contribution in [0.1, 0.15) is 11.6 Å². The molecule has 0 fully saturated rings. The van der Waals surface area contributed by atoms with Crippen LogP contribution in [0.4, 0.5) is 10.1 Å². The SMILES string of the molecule is CN(c1ccccc1)C(CN)c1cc(Cl)ccc1F. The first-order chi connectivity index (χ1) is 9.13. The second-order valence-corrected chi connectivity index (χ2v) is 4.80. The number of benzene rings is 2. The lowest BCUT2D eigenvalue weighted by molar-refractivity contribution is 0.573. The summed E-state index contributed by atoms with van der Waals surface area (Å²) in [5, 5.41) is 0.510. The summed E-state index contributed by atoms with van der Waals surface area (Å²) in [6, 6.07) is 14.0. The molecule has 2 rings (SSSR count). The highest BCUT2D eigenvalue weighted by molar-refractivity contribution is 6.30. The third-order valence-corrected chi connectivity index (χ3v) is 3.41.